The molecule has 2 aromatic rings. The summed E-state index contributed by atoms with van der Waals surface area (Å²) >= 11 is 5.77. The van der Waals surface area contributed by atoms with Gasteiger partial charge in [-0.25, -0.2) is 13.1 Å². The first-order valence-electron chi connectivity index (χ1n) is 8.67. The van der Waals surface area contributed by atoms with Crippen molar-refractivity contribution in [3.63, 3.8) is 0 Å². The normalized spacial score (nSPS) is 12.2. The molecule has 0 radical (unpaired) electrons. The number of hydrogen-bond donors (Lipinski definition) is 3. The van der Waals surface area contributed by atoms with E-state index in [1.807, 2.05) is 0 Å². The van der Waals surface area contributed by atoms with E-state index in [1.54, 1.807) is 24.3 Å². The molecule has 156 valence electrons. The van der Waals surface area contributed by atoms with Crippen LogP contribution in [0.2, 0.25) is 5.02 Å². The zero-order chi connectivity index (χ0) is 21.4. The number of carbonyl (C=O) groups excluding carboxylic acids is 1. The van der Waals surface area contributed by atoms with Gasteiger partial charge in [0, 0.05) is 11.6 Å². The van der Waals surface area contributed by atoms with Crippen LogP contribution >= 0.6 is 11.6 Å². The number of aliphatic carboxylic acids is 1. The van der Waals surface area contributed by atoms with Gasteiger partial charge in [-0.1, -0.05) is 29.8 Å². The van der Waals surface area contributed by atoms with E-state index in [-0.39, 0.29) is 18.0 Å². The van der Waals surface area contributed by atoms with Gasteiger partial charge < -0.3 is 15.2 Å². The maximum Gasteiger partial charge on any atom is 0.325 e. The van der Waals surface area contributed by atoms with E-state index >= 15 is 0 Å². The van der Waals surface area contributed by atoms with E-state index in [9.17, 15) is 18.0 Å². The minimum Gasteiger partial charge on any atom is -0.483 e. The molecule has 1 atom stereocenters. The van der Waals surface area contributed by atoms with Gasteiger partial charge in [0.2, 0.25) is 10.0 Å². The number of halogens is 1. The van der Waals surface area contributed by atoms with Gasteiger partial charge in [-0.2, -0.15) is 0 Å². The Labute approximate surface area is 173 Å². The average Bonchev–Trinajstić information content (AvgIpc) is 2.67. The van der Waals surface area contributed by atoms with Gasteiger partial charge in [-0.3, -0.25) is 9.59 Å². The Balaban J connectivity index is 1.92. The summed E-state index contributed by atoms with van der Waals surface area (Å²) in [6.45, 7) is 1.11. The number of carbonyl (C=O) groups is 2. The van der Waals surface area contributed by atoms with Gasteiger partial charge in [0.25, 0.3) is 5.91 Å². The third kappa shape index (κ3) is 7.04. The Morgan fingerprint density at radius 3 is 2.45 bits per heavy atom. The SMILES string of the molecule is CC(NC(=O)COc1ccccc1CCNS(=O)(=O)c1ccc(Cl)cc1)C(=O)O. The summed E-state index contributed by atoms with van der Waals surface area (Å²) in [6.07, 6.45) is 0.330. The average molecular weight is 441 g/mol. The summed E-state index contributed by atoms with van der Waals surface area (Å²) < 4.78 is 32.6. The number of ether oxygens (including phenoxy) is 1. The number of amides is 1. The number of carboxylic acids is 1. The second kappa shape index (κ2) is 10.2. The van der Waals surface area contributed by atoms with Crippen LogP contribution < -0.4 is 14.8 Å². The Morgan fingerprint density at radius 1 is 1.14 bits per heavy atom. The second-order valence-electron chi connectivity index (χ2n) is 6.13. The molecule has 0 aliphatic carbocycles. The minimum absolute atomic E-state index is 0.107. The van der Waals surface area contributed by atoms with Crippen molar-refractivity contribution in [1.82, 2.24) is 10.0 Å². The van der Waals surface area contributed by atoms with Crippen LogP contribution in [-0.4, -0.2) is 44.6 Å². The fourth-order valence-electron chi connectivity index (χ4n) is 2.36. The highest BCUT2D eigenvalue weighted by Crippen LogP contribution is 2.19. The summed E-state index contributed by atoms with van der Waals surface area (Å²) in [4.78, 5) is 22.6. The minimum atomic E-state index is -3.68. The maximum atomic E-state index is 12.3. The first-order valence-corrected chi connectivity index (χ1v) is 10.5. The second-order valence-corrected chi connectivity index (χ2v) is 8.33. The predicted octanol–water partition coefficient (Wildman–Crippen LogP) is 1.83. The molecule has 0 aliphatic heterocycles. The number of rotatable bonds is 10. The first-order chi connectivity index (χ1) is 13.7. The zero-order valence-electron chi connectivity index (χ0n) is 15.6. The van der Waals surface area contributed by atoms with E-state index in [4.69, 9.17) is 21.4 Å². The Hall–Kier alpha value is -2.62. The molecule has 0 fully saturated rings. The molecule has 3 N–H and O–H groups in total. The lowest BCUT2D eigenvalue weighted by Gasteiger charge is -2.13. The third-order valence-corrected chi connectivity index (χ3v) is 5.62. The van der Waals surface area contributed by atoms with Gasteiger partial charge in [0.1, 0.15) is 11.8 Å². The van der Waals surface area contributed by atoms with Crippen molar-refractivity contribution in [3.05, 3.63) is 59.1 Å². The summed E-state index contributed by atoms with van der Waals surface area (Å²) in [6, 6.07) is 11.7. The van der Waals surface area contributed by atoms with Crippen LogP contribution in [0.5, 0.6) is 5.75 Å². The smallest absolute Gasteiger partial charge is 0.325 e. The van der Waals surface area contributed by atoms with Crippen LogP contribution in [0.25, 0.3) is 0 Å². The molecule has 0 bridgehead atoms. The molecule has 0 spiro atoms. The molecule has 0 heterocycles. The molecular formula is C19H21ClN2O6S. The molecule has 1 amide bonds. The lowest BCUT2D eigenvalue weighted by atomic mass is 10.1. The van der Waals surface area contributed by atoms with Crippen molar-refractivity contribution in [2.24, 2.45) is 0 Å². The predicted molar refractivity (Wildman–Crippen MR) is 108 cm³/mol. The number of sulfonamides is 1. The fourth-order valence-corrected chi connectivity index (χ4v) is 3.51. The number of nitrogens with one attached hydrogen (secondary N) is 2. The molecular weight excluding hydrogens is 420 g/mol. The Bertz CT molecular complexity index is 963. The topological polar surface area (TPSA) is 122 Å². The molecule has 0 aliphatic rings. The Kier molecular flexibility index (Phi) is 8.00. The zero-order valence-corrected chi connectivity index (χ0v) is 17.2. The van der Waals surface area contributed by atoms with E-state index < -0.39 is 27.9 Å². The molecule has 0 aromatic heterocycles. The highest BCUT2D eigenvalue weighted by molar-refractivity contribution is 7.89. The van der Waals surface area contributed by atoms with Gasteiger partial charge in [0.15, 0.2) is 6.61 Å². The molecule has 0 saturated carbocycles. The van der Waals surface area contributed by atoms with Crippen molar-refractivity contribution in [2.75, 3.05) is 13.2 Å². The van der Waals surface area contributed by atoms with Crippen LogP contribution in [0.4, 0.5) is 0 Å². The quantitative estimate of drug-likeness (QED) is 0.518. The highest BCUT2D eigenvalue weighted by Gasteiger charge is 2.16. The monoisotopic (exact) mass is 440 g/mol. The summed E-state index contributed by atoms with van der Waals surface area (Å²) in [5.74, 6) is -1.30. The van der Waals surface area contributed by atoms with E-state index in [0.717, 1.165) is 0 Å². The number of benzene rings is 2. The van der Waals surface area contributed by atoms with Gasteiger partial charge in [0.05, 0.1) is 4.90 Å². The summed E-state index contributed by atoms with van der Waals surface area (Å²) in [5, 5.41) is 11.5. The maximum absolute atomic E-state index is 12.3. The van der Waals surface area contributed by atoms with Gasteiger partial charge >= 0.3 is 5.97 Å². The largest absolute Gasteiger partial charge is 0.483 e. The summed E-state index contributed by atoms with van der Waals surface area (Å²) in [5.41, 5.74) is 0.699. The van der Waals surface area contributed by atoms with Crippen LogP contribution in [0, 0.1) is 0 Å². The molecule has 29 heavy (non-hydrogen) atoms. The van der Waals surface area contributed by atoms with Crippen LogP contribution in [0.3, 0.4) is 0 Å². The lowest BCUT2D eigenvalue weighted by molar-refractivity contribution is -0.141. The Morgan fingerprint density at radius 2 is 1.79 bits per heavy atom. The van der Waals surface area contributed by atoms with Crippen molar-refractivity contribution in [3.8, 4) is 5.75 Å². The molecule has 2 rings (SSSR count). The number of carboxylic acid groups (broad SMARTS) is 1. The molecule has 1 unspecified atom stereocenters. The van der Waals surface area contributed by atoms with Crippen molar-refractivity contribution >= 4 is 33.5 Å². The number of para-hydroxylation sites is 1. The standard InChI is InChI=1S/C19H21ClN2O6S/c1-13(19(24)25)22-18(23)12-28-17-5-3-2-4-14(17)10-11-21-29(26,27)16-8-6-15(20)7-9-16/h2-9,13,21H,10-12H2,1H3,(H,22,23)(H,24,25). The van der Waals surface area contributed by atoms with E-state index in [2.05, 4.69) is 10.0 Å². The van der Waals surface area contributed by atoms with Gasteiger partial charge in [-0.15, -0.1) is 0 Å². The molecule has 2 aromatic carbocycles. The number of hydrogen-bond acceptors (Lipinski definition) is 5. The molecule has 10 heteroatoms. The van der Waals surface area contributed by atoms with Crippen molar-refractivity contribution in [2.45, 2.75) is 24.3 Å². The van der Waals surface area contributed by atoms with Crippen molar-refractivity contribution in [1.29, 1.82) is 0 Å². The summed E-state index contributed by atoms with van der Waals surface area (Å²) in [7, 11) is -3.68. The molecule has 0 saturated heterocycles. The molecule has 8 nitrogen and oxygen atoms in total. The van der Waals surface area contributed by atoms with Gasteiger partial charge in [-0.05, 0) is 49.2 Å². The third-order valence-electron chi connectivity index (χ3n) is 3.89. The van der Waals surface area contributed by atoms with Crippen LogP contribution in [0.1, 0.15) is 12.5 Å². The highest BCUT2D eigenvalue weighted by atomic mass is 35.5. The first kappa shape index (κ1) is 22.7. The van der Waals surface area contributed by atoms with Crippen LogP contribution in [0.15, 0.2) is 53.4 Å². The van der Waals surface area contributed by atoms with E-state index in [1.165, 1.54) is 31.2 Å². The van der Waals surface area contributed by atoms with Crippen LogP contribution in [-0.2, 0) is 26.0 Å². The van der Waals surface area contributed by atoms with E-state index in [0.29, 0.717) is 22.8 Å². The lowest BCUT2D eigenvalue weighted by Crippen LogP contribution is -2.40. The van der Waals surface area contributed by atoms with Crippen molar-refractivity contribution < 1.29 is 27.9 Å². The fraction of sp³-hybridized carbons (Fsp3) is 0.263.